The standard InChI is InChI=1S/C21H26N4O/c1-15-4-3-5-20(16(15)2)25-12-10-24(11-13-25)18-8-9-22-19(14-18)21(26)23-17-6-7-17/h3-5,8-9,14,17H,6-7,10-13H2,1-2H3,(H,23,26). The quantitative estimate of drug-likeness (QED) is 0.921. The van der Waals surface area contributed by atoms with Crippen molar-refractivity contribution in [3.8, 4) is 0 Å². The van der Waals surface area contributed by atoms with Gasteiger partial charge in [-0.15, -0.1) is 0 Å². The number of benzene rings is 1. The Balaban J connectivity index is 1.43. The van der Waals surface area contributed by atoms with E-state index in [0.29, 0.717) is 11.7 Å². The third-order valence-corrected chi connectivity index (χ3v) is 5.45. The summed E-state index contributed by atoms with van der Waals surface area (Å²) in [6, 6.07) is 10.8. The Morgan fingerprint density at radius 3 is 2.54 bits per heavy atom. The maximum atomic E-state index is 12.2. The summed E-state index contributed by atoms with van der Waals surface area (Å²) in [6.45, 7) is 8.22. The molecule has 0 atom stereocenters. The van der Waals surface area contributed by atoms with Crippen molar-refractivity contribution in [2.75, 3.05) is 36.0 Å². The van der Waals surface area contributed by atoms with Crippen molar-refractivity contribution >= 4 is 17.3 Å². The molecule has 0 bridgehead atoms. The van der Waals surface area contributed by atoms with Crippen molar-refractivity contribution in [3.05, 3.63) is 53.3 Å². The summed E-state index contributed by atoms with van der Waals surface area (Å²) in [5.74, 6) is -0.0524. The molecule has 0 unspecified atom stereocenters. The first-order chi connectivity index (χ1) is 12.6. The van der Waals surface area contributed by atoms with Crippen LogP contribution >= 0.6 is 0 Å². The number of carbonyl (C=O) groups is 1. The molecule has 1 aromatic carbocycles. The highest BCUT2D eigenvalue weighted by Crippen LogP contribution is 2.25. The molecule has 5 nitrogen and oxygen atoms in total. The summed E-state index contributed by atoms with van der Waals surface area (Å²) >= 11 is 0. The second kappa shape index (κ2) is 6.98. The Hall–Kier alpha value is -2.56. The Bertz CT molecular complexity index is 807. The minimum atomic E-state index is -0.0524. The molecule has 136 valence electrons. The van der Waals surface area contributed by atoms with Crippen LogP contribution in [0.2, 0.25) is 0 Å². The van der Waals surface area contributed by atoms with Crippen LogP contribution in [-0.4, -0.2) is 43.1 Å². The highest BCUT2D eigenvalue weighted by Gasteiger charge is 2.25. The number of carbonyl (C=O) groups excluding carboxylic acids is 1. The first kappa shape index (κ1) is 16.9. The van der Waals surface area contributed by atoms with Gasteiger partial charge in [-0.05, 0) is 56.0 Å². The lowest BCUT2D eigenvalue weighted by atomic mass is 10.1. The number of aryl methyl sites for hydroxylation is 1. The Morgan fingerprint density at radius 1 is 1.08 bits per heavy atom. The van der Waals surface area contributed by atoms with E-state index in [2.05, 4.69) is 52.1 Å². The second-order valence-corrected chi connectivity index (χ2v) is 7.34. The van der Waals surface area contributed by atoms with Crippen molar-refractivity contribution in [1.29, 1.82) is 0 Å². The number of anilines is 2. The van der Waals surface area contributed by atoms with E-state index in [1.807, 2.05) is 12.1 Å². The van der Waals surface area contributed by atoms with E-state index >= 15 is 0 Å². The molecular formula is C21H26N4O. The molecule has 1 aliphatic heterocycles. The van der Waals surface area contributed by atoms with Gasteiger partial charge in [-0.25, -0.2) is 0 Å². The summed E-state index contributed by atoms with van der Waals surface area (Å²) in [4.78, 5) is 21.3. The van der Waals surface area contributed by atoms with Crippen LogP contribution in [0.1, 0.15) is 34.5 Å². The van der Waals surface area contributed by atoms with Gasteiger partial charge in [0, 0.05) is 49.8 Å². The van der Waals surface area contributed by atoms with Gasteiger partial charge >= 0.3 is 0 Å². The summed E-state index contributed by atoms with van der Waals surface area (Å²) < 4.78 is 0. The summed E-state index contributed by atoms with van der Waals surface area (Å²) in [5, 5.41) is 3.01. The van der Waals surface area contributed by atoms with Crippen LogP contribution in [0.5, 0.6) is 0 Å². The zero-order valence-corrected chi connectivity index (χ0v) is 15.5. The van der Waals surface area contributed by atoms with Crippen LogP contribution < -0.4 is 15.1 Å². The van der Waals surface area contributed by atoms with Gasteiger partial charge in [0.15, 0.2) is 0 Å². The van der Waals surface area contributed by atoms with Gasteiger partial charge in [-0.1, -0.05) is 12.1 Å². The molecule has 5 heteroatoms. The van der Waals surface area contributed by atoms with E-state index in [4.69, 9.17) is 0 Å². The number of rotatable bonds is 4. The Kier molecular flexibility index (Phi) is 4.53. The molecule has 1 amide bonds. The number of aromatic nitrogens is 1. The fraction of sp³-hybridized carbons (Fsp3) is 0.429. The molecule has 4 rings (SSSR count). The fourth-order valence-corrected chi connectivity index (χ4v) is 3.51. The minimum Gasteiger partial charge on any atom is -0.368 e. The lowest BCUT2D eigenvalue weighted by molar-refractivity contribution is 0.0946. The van der Waals surface area contributed by atoms with E-state index < -0.39 is 0 Å². The maximum Gasteiger partial charge on any atom is 0.270 e. The minimum absolute atomic E-state index is 0.0524. The molecule has 1 saturated heterocycles. The van der Waals surface area contributed by atoms with E-state index in [1.54, 1.807) is 6.20 Å². The molecule has 2 aliphatic rings. The molecule has 1 N–H and O–H groups in total. The Morgan fingerprint density at radius 2 is 1.81 bits per heavy atom. The molecular weight excluding hydrogens is 324 g/mol. The van der Waals surface area contributed by atoms with E-state index in [0.717, 1.165) is 44.7 Å². The van der Waals surface area contributed by atoms with Gasteiger partial charge in [-0.2, -0.15) is 0 Å². The SMILES string of the molecule is Cc1cccc(N2CCN(c3ccnc(C(=O)NC4CC4)c3)CC2)c1C. The Labute approximate surface area is 155 Å². The summed E-state index contributed by atoms with van der Waals surface area (Å²) in [7, 11) is 0. The first-order valence-corrected chi connectivity index (χ1v) is 9.45. The number of piperazine rings is 1. The molecule has 2 aromatic rings. The normalized spacial score (nSPS) is 17.3. The third kappa shape index (κ3) is 3.52. The van der Waals surface area contributed by atoms with Crippen LogP contribution in [0, 0.1) is 13.8 Å². The van der Waals surface area contributed by atoms with Crippen molar-refractivity contribution in [3.63, 3.8) is 0 Å². The number of amides is 1. The number of hydrogen-bond donors (Lipinski definition) is 1. The van der Waals surface area contributed by atoms with E-state index in [9.17, 15) is 4.79 Å². The molecule has 2 heterocycles. The highest BCUT2D eigenvalue weighted by atomic mass is 16.2. The van der Waals surface area contributed by atoms with E-state index in [1.165, 1.54) is 16.8 Å². The van der Waals surface area contributed by atoms with Gasteiger partial charge in [0.05, 0.1) is 0 Å². The van der Waals surface area contributed by atoms with Gasteiger partial charge < -0.3 is 15.1 Å². The zero-order chi connectivity index (χ0) is 18.1. The van der Waals surface area contributed by atoms with Crippen LogP contribution in [0.25, 0.3) is 0 Å². The molecule has 0 radical (unpaired) electrons. The average Bonchev–Trinajstić information content (AvgIpc) is 3.48. The monoisotopic (exact) mass is 350 g/mol. The topological polar surface area (TPSA) is 48.5 Å². The predicted molar refractivity (Wildman–Crippen MR) is 105 cm³/mol. The number of pyridine rings is 1. The first-order valence-electron chi connectivity index (χ1n) is 9.45. The molecule has 0 spiro atoms. The van der Waals surface area contributed by atoms with Crippen LogP contribution in [0.15, 0.2) is 36.5 Å². The van der Waals surface area contributed by atoms with Gasteiger partial charge in [-0.3, -0.25) is 9.78 Å². The van der Waals surface area contributed by atoms with Crippen molar-refractivity contribution in [2.45, 2.75) is 32.7 Å². The van der Waals surface area contributed by atoms with Crippen LogP contribution in [0.4, 0.5) is 11.4 Å². The molecule has 1 aromatic heterocycles. The van der Waals surface area contributed by atoms with Crippen molar-refractivity contribution < 1.29 is 4.79 Å². The van der Waals surface area contributed by atoms with Gasteiger partial charge in [0.25, 0.3) is 5.91 Å². The maximum absolute atomic E-state index is 12.2. The molecule has 26 heavy (non-hydrogen) atoms. The van der Waals surface area contributed by atoms with Gasteiger partial charge in [0.1, 0.15) is 5.69 Å². The number of nitrogens with one attached hydrogen (secondary N) is 1. The summed E-state index contributed by atoms with van der Waals surface area (Å²) in [5.41, 5.74) is 5.64. The average molecular weight is 350 g/mol. The third-order valence-electron chi connectivity index (χ3n) is 5.45. The lowest BCUT2D eigenvalue weighted by Gasteiger charge is -2.38. The van der Waals surface area contributed by atoms with E-state index in [-0.39, 0.29) is 5.91 Å². The largest absolute Gasteiger partial charge is 0.368 e. The lowest BCUT2D eigenvalue weighted by Crippen LogP contribution is -2.46. The number of hydrogen-bond acceptors (Lipinski definition) is 4. The smallest absolute Gasteiger partial charge is 0.270 e. The van der Waals surface area contributed by atoms with Gasteiger partial charge in [0.2, 0.25) is 0 Å². The van der Waals surface area contributed by atoms with Crippen LogP contribution in [0.3, 0.4) is 0 Å². The van der Waals surface area contributed by atoms with Crippen molar-refractivity contribution in [2.24, 2.45) is 0 Å². The molecule has 1 saturated carbocycles. The number of nitrogens with zero attached hydrogens (tertiary/aromatic N) is 3. The van der Waals surface area contributed by atoms with Crippen LogP contribution in [-0.2, 0) is 0 Å². The molecule has 1 aliphatic carbocycles. The predicted octanol–water partition coefficient (Wildman–Crippen LogP) is 2.92. The summed E-state index contributed by atoms with van der Waals surface area (Å²) in [6.07, 6.45) is 3.92. The van der Waals surface area contributed by atoms with Crippen molar-refractivity contribution in [1.82, 2.24) is 10.3 Å². The molecule has 2 fully saturated rings. The highest BCUT2D eigenvalue weighted by molar-refractivity contribution is 5.93. The zero-order valence-electron chi connectivity index (χ0n) is 15.5. The fourth-order valence-electron chi connectivity index (χ4n) is 3.51. The second-order valence-electron chi connectivity index (χ2n) is 7.34.